The fourth-order valence-corrected chi connectivity index (χ4v) is 1.69. The molecule has 0 unspecified atom stereocenters. The predicted molar refractivity (Wildman–Crippen MR) is 48.3 cm³/mol. The van der Waals surface area contributed by atoms with Crippen molar-refractivity contribution in [1.82, 2.24) is 10.2 Å². The maximum Gasteiger partial charge on any atom is 0.242 e. The van der Waals surface area contributed by atoms with E-state index in [9.17, 15) is 8.78 Å². The van der Waals surface area contributed by atoms with E-state index in [1.165, 1.54) is 6.07 Å². The van der Waals surface area contributed by atoms with Gasteiger partial charge in [0.15, 0.2) is 5.15 Å². The minimum Gasteiger partial charge on any atom is -0.382 e. The van der Waals surface area contributed by atoms with Crippen LogP contribution in [0.25, 0.3) is 0 Å². The van der Waals surface area contributed by atoms with Crippen LogP contribution in [0.3, 0.4) is 0 Å². The van der Waals surface area contributed by atoms with Crippen LogP contribution < -0.4 is 5.73 Å². The summed E-state index contributed by atoms with van der Waals surface area (Å²) in [6.45, 7) is 0. The van der Waals surface area contributed by atoms with E-state index >= 15 is 0 Å². The summed E-state index contributed by atoms with van der Waals surface area (Å²) in [4.78, 5) is 0. The molecule has 0 amide bonds. The number of hydrogen-bond acceptors (Lipinski definition) is 3. The van der Waals surface area contributed by atoms with Crippen molar-refractivity contribution >= 4 is 17.4 Å². The van der Waals surface area contributed by atoms with E-state index in [0.29, 0.717) is 12.0 Å². The van der Waals surface area contributed by atoms with Crippen LogP contribution in [-0.4, -0.2) is 16.6 Å². The third kappa shape index (κ3) is 1.64. The third-order valence-electron chi connectivity index (χ3n) is 2.39. The van der Waals surface area contributed by atoms with Crippen molar-refractivity contribution in [2.45, 2.75) is 18.8 Å². The van der Waals surface area contributed by atoms with Gasteiger partial charge in [-0.2, -0.15) is 0 Å². The van der Waals surface area contributed by atoms with E-state index in [1.807, 2.05) is 0 Å². The summed E-state index contributed by atoms with van der Waals surface area (Å²) in [5, 5.41) is 7.30. The van der Waals surface area contributed by atoms with Gasteiger partial charge in [0.25, 0.3) is 0 Å². The van der Waals surface area contributed by atoms with Gasteiger partial charge < -0.3 is 5.73 Å². The summed E-state index contributed by atoms with van der Waals surface area (Å²) >= 11 is 5.60. The molecule has 2 atom stereocenters. The molecule has 1 aliphatic rings. The number of rotatable bonds is 2. The Hall–Kier alpha value is -0.970. The second-order valence-electron chi connectivity index (χ2n) is 3.35. The Balaban J connectivity index is 2.22. The van der Waals surface area contributed by atoms with Crippen LogP contribution in [0.1, 0.15) is 17.9 Å². The Labute approximate surface area is 84.3 Å². The first-order valence-corrected chi connectivity index (χ1v) is 4.54. The number of hydrogen-bond donors (Lipinski definition) is 1. The van der Waals surface area contributed by atoms with Crippen LogP contribution in [0.2, 0.25) is 5.15 Å². The normalized spacial score (nSPS) is 25.4. The van der Waals surface area contributed by atoms with Crippen molar-refractivity contribution in [3.63, 3.8) is 0 Å². The molecule has 2 N–H and O–H groups in total. The molecule has 3 nitrogen and oxygen atoms in total. The highest BCUT2D eigenvalue weighted by molar-refractivity contribution is 6.29. The molecule has 1 saturated carbocycles. The number of alkyl halides is 2. The Morgan fingerprint density at radius 3 is 2.79 bits per heavy atom. The quantitative estimate of drug-likeness (QED) is 0.829. The molecule has 0 radical (unpaired) electrons. The first-order valence-electron chi connectivity index (χ1n) is 4.16. The Morgan fingerprint density at radius 2 is 2.21 bits per heavy atom. The first-order chi connectivity index (χ1) is 6.59. The van der Waals surface area contributed by atoms with Gasteiger partial charge in [-0.15, -0.1) is 10.2 Å². The summed E-state index contributed by atoms with van der Waals surface area (Å²) in [5.41, 5.74) is 6.11. The molecule has 0 bridgehead atoms. The largest absolute Gasteiger partial charge is 0.382 e. The number of nitrogens with zero attached hydrogens (tertiary/aromatic N) is 2. The predicted octanol–water partition coefficient (Wildman–Crippen LogP) is 2.08. The number of nitrogen functional groups attached to an aromatic ring is 1. The van der Waals surface area contributed by atoms with Crippen molar-refractivity contribution in [3.05, 3.63) is 16.8 Å². The maximum absolute atomic E-state index is 12.3. The number of aromatic nitrogens is 2. The smallest absolute Gasteiger partial charge is 0.242 e. The molecule has 2 rings (SSSR count). The number of anilines is 1. The van der Waals surface area contributed by atoms with Crippen LogP contribution in [-0.2, 0) is 0 Å². The van der Waals surface area contributed by atoms with Crippen molar-refractivity contribution < 1.29 is 8.78 Å². The molecular weight excluding hydrogens is 212 g/mol. The van der Waals surface area contributed by atoms with Gasteiger partial charge in [0, 0.05) is 11.5 Å². The SMILES string of the molecule is Nc1nnc(Cl)cc1[C@H]1C[C@@H]1C(F)F. The average Bonchev–Trinajstić information content (AvgIpc) is 2.88. The molecule has 0 aromatic carbocycles. The van der Waals surface area contributed by atoms with Gasteiger partial charge in [-0.1, -0.05) is 11.6 Å². The summed E-state index contributed by atoms with van der Waals surface area (Å²) < 4.78 is 24.6. The zero-order valence-electron chi connectivity index (χ0n) is 7.12. The molecule has 0 saturated heterocycles. The van der Waals surface area contributed by atoms with Gasteiger partial charge in [-0.05, 0) is 18.4 Å². The van der Waals surface area contributed by atoms with Crippen LogP contribution in [0.4, 0.5) is 14.6 Å². The summed E-state index contributed by atoms with van der Waals surface area (Å²) in [6, 6.07) is 1.51. The molecule has 1 fully saturated rings. The molecule has 1 aromatic heterocycles. The van der Waals surface area contributed by atoms with Crippen molar-refractivity contribution in [2.75, 3.05) is 5.73 Å². The van der Waals surface area contributed by atoms with E-state index in [2.05, 4.69) is 10.2 Å². The zero-order chi connectivity index (χ0) is 10.3. The van der Waals surface area contributed by atoms with Gasteiger partial charge in [-0.3, -0.25) is 0 Å². The topological polar surface area (TPSA) is 51.8 Å². The Morgan fingerprint density at radius 1 is 1.50 bits per heavy atom. The first kappa shape index (κ1) is 9.58. The molecule has 1 aromatic rings. The van der Waals surface area contributed by atoms with Crippen molar-refractivity contribution in [1.29, 1.82) is 0 Å². The van der Waals surface area contributed by atoms with Crippen LogP contribution >= 0.6 is 11.6 Å². The van der Waals surface area contributed by atoms with E-state index < -0.39 is 12.3 Å². The minimum atomic E-state index is -2.30. The summed E-state index contributed by atoms with van der Waals surface area (Å²) in [7, 11) is 0. The molecule has 6 heteroatoms. The molecule has 76 valence electrons. The van der Waals surface area contributed by atoms with Crippen LogP contribution in [0.15, 0.2) is 6.07 Å². The lowest BCUT2D eigenvalue weighted by atomic mass is 10.1. The minimum absolute atomic E-state index is 0.189. The second kappa shape index (κ2) is 3.31. The van der Waals surface area contributed by atoms with Crippen LogP contribution in [0.5, 0.6) is 0 Å². The monoisotopic (exact) mass is 219 g/mol. The lowest BCUT2D eigenvalue weighted by Crippen LogP contribution is -2.01. The summed E-state index contributed by atoms with van der Waals surface area (Å²) in [6.07, 6.45) is -1.85. The Bertz CT molecular complexity index is 358. The highest BCUT2D eigenvalue weighted by atomic mass is 35.5. The third-order valence-corrected chi connectivity index (χ3v) is 2.57. The van der Waals surface area contributed by atoms with E-state index in [-0.39, 0.29) is 16.9 Å². The van der Waals surface area contributed by atoms with E-state index in [1.54, 1.807) is 0 Å². The summed E-state index contributed by atoms with van der Waals surface area (Å²) in [5.74, 6) is -0.608. The van der Waals surface area contributed by atoms with Gasteiger partial charge in [0.1, 0.15) is 5.82 Å². The van der Waals surface area contributed by atoms with Gasteiger partial charge in [0.05, 0.1) is 0 Å². The van der Waals surface area contributed by atoms with Crippen LogP contribution in [0, 0.1) is 5.92 Å². The molecule has 0 spiro atoms. The molecule has 14 heavy (non-hydrogen) atoms. The van der Waals surface area contributed by atoms with Crippen molar-refractivity contribution in [3.8, 4) is 0 Å². The van der Waals surface area contributed by atoms with Gasteiger partial charge >= 0.3 is 0 Å². The standard InChI is InChI=1S/C8H8ClF2N3/c9-6-2-5(8(12)14-13-6)3-1-4(3)7(10)11/h2-4,7H,1H2,(H2,12,14)/t3-,4-/m0/s1. The van der Waals surface area contributed by atoms with E-state index in [4.69, 9.17) is 17.3 Å². The maximum atomic E-state index is 12.3. The second-order valence-corrected chi connectivity index (χ2v) is 3.74. The zero-order valence-corrected chi connectivity index (χ0v) is 7.88. The highest BCUT2D eigenvalue weighted by Crippen LogP contribution is 2.52. The molecule has 1 aliphatic carbocycles. The van der Waals surface area contributed by atoms with Crippen molar-refractivity contribution in [2.24, 2.45) is 5.92 Å². The molecule has 1 heterocycles. The average molecular weight is 220 g/mol. The van der Waals surface area contributed by atoms with Gasteiger partial charge in [0.2, 0.25) is 6.43 Å². The molecular formula is C8H8ClF2N3. The Kier molecular flexibility index (Phi) is 2.26. The number of halogens is 3. The lowest BCUT2D eigenvalue weighted by Gasteiger charge is -2.02. The van der Waals surface area contributed by atoms with E-state index in [0.717, 1.165) is 0 Å². The van der Waals surface area contributed by atoms with Gasteiger partial charge in [-0.25, -0.2) is 8.78 Å². The lowest BCUT2D eigenvalue weighted by molar-refractivity contribution is 0.120. The fraction of sp³-hybridized carbons (Fsp3) is 0.500. The fourth-order valence-electron chi connectivity index (χ4n) is 1.54. The highest BCUT2D eigenvalue weighted by Gasteiger charge is 2.46. The number of nitrogens with two attached hydrogens (primary N) is 1. The molecule has 0 aliphatic heterocycles.